The number of nitrogens with zero attached hydrogens (tertiary/aromatic N) is 1. The van der Waals surface area contributed by atoms with Crippen molar-refractivity contribution in [2.45, 2.75) is 46.2 Å². The van der Waals surface area contributed by atoms with Gasteiger partial charge in [0.25, 0.3) is 0 Å². The highest BCUT2D eigenvalue weighted by molar-refractivity contribution is 7.11. The molecule has 116 valence electrons. The van der Waals surface area contributed by atoms with Crippen LogP contribution < -0.4 is 5.32 Å². The summed E-state index contributed by atoms with van der Waals surface area (Å²) in [4.78, 5) is 27.6. The molecular weight excluding hydrogens is 288 g/mol. The van der Waals surface area contributed by atoms with Crippen LogP contribution in [0.15, 0.2) is 12.1 Å². The molecule has 1 aromatic rings. The molecule has 2 heterocycles. The van der Waals surface area contributed by atoms with Gasteiger partial charge in [-0.05, 0) is 37.3 Å². The molecule has 1 unspecified atom stereocenters. The molecule has 1 saturated heterocycles. The van der Waals surface area contributed by atoms with Gasteiger partial charge in [0.05, 0.1) is 6.54 Å². The van der Waals surface area contributed by atoms with Gasteiger partial charge in [-0.25, -0.2) is 9.59 Å². The minimum Gasteiger partial charge on any atom is -0.480 e. The van der Waals surface area contributed by atoms with Gasteiger partial charge in [0, 0.05) is 16.3 Å². The Morgan fingerprint density at radius 2 is 2.19 bits per heavy atom. The third kappa shape index (κ3) is 3.56. The van der Waals surface area contributed by atoms with E-state index in [4.69, 9.17) is 0 Å². The second-order valence-corrected chi connectivity index (χ2v) is 7.57. The lowest BCUT2D eigenvalue weighted by atomic mass is 9.76. The van der Waals surface area contributed by atoms with Gasteiger partial charge < -0.3 is 15.3 Å². The number of rotatable bonds is 3. The highest BCUT2D eigenvalue weighted by Crippen LogP contribution is 2.35. The number of carboxylic acids is 1. The summed E-state index contributed by atoms with van der Waals surface area (Å²) in [6.45, 7) is 6.78. The molecule has 1 atom stereocenters. The molecule has 0 saturated carbocycles. The highest BCUT2D eigenvalue weighted by Gasteiger charge is 2.44. The fourth-order valence-corrected chi connectivity index (χ4v) is 3.75. The Hall–Kier alpha value is -1.56. The zero-order chi connectivity index (χ0) is 15.6. The Morgan fingerprint density at radius 3 is 2.76 bits per heavy atom. The Bertz CT molecular complexity index is 539. The van der Waals surface area contributed by atoms with Crippen molar-refractivity contribution in [3.63, 3.8) is 0 Å². The van der Waals surface area contributed by atoms with E-state index in [1.807, 2.05) is 32.9 Å². The van der Waals surface area contributed by atoms with E-state index >= 15 is 0 Å². The van der Waals surface area contributed by atoms with E-state index in [0.29, 0.717) is 13.1 Å². The van der Waals surface area contributed by atoms with Crippen LogP contribution in [0.25, 0.3) is 0 Å². The molecule has 0 spiro atoms. The number of hydrogen-bond donors (Lipinski definition) is 2. The molecule has 1 fully saturated rings. The van der Waals surface area contributed by atoms with Crippen molar-refractivity contribution in [2.24, 2.45) is 5.41 Å². The SMILES string of the molecule is Cc1ccc(CNC(=O)N2CCCC(C)(C)C2C(=O)O)s1. The van der Waals surface area contributed by atoms with E-state index in [1.165, 1.54) is 9.78 Å². The Morgan fingerprint density at radius 1 is 1.48 bits per heavy atom. The summed E-state index contributed by atoms with van der Waals surface area (Å²) >= 11 is 1.63. The van der Waals surface area contributed by atoms with Gasteiger partial charge in [0.1, 0.15) is 6.04 Å². The number of carbonyl (C=O) groups excluding carboxylic acids is 1. The number of aryl methyl sites for hydroxylation is 1. The molecule has 0 aromatic carbocycles. The predicted molar refractivity (Wildman–Crippen MR) is 82.4 cm³/mol. The van der Waals surface area contributed by atoms with Crippen molar-refractivity contribution in [1.29, 1.82) is 0 Å². The average Bonchev–Trinajstić information content (AvgIpc) is 2.79. The number of amides is 2. The van der Waals surface area contributed by atoms with Crippen molar-refractivity contribution in [3.8, 4) is 0 Å². The maximum absolute atomic E-state index is 12.3. The minimum atomic E-state index is -0.929. The average molecular weight is 310 g/mol. The minimum absolute atomic E-state index is 0.291. The number of thiophene rings is 1. The summed E-state index contributed by atoms with van der Waals surface area (Å²) < 4.78 is 0. The van der Waals surface area contributed by atoms with Gasteiger partial charge in [0.2, 0.25) is 0 Å². The highest BCUT2D eigenvalue weighted by atomic mass is 32.1. The van der Waals surface area contributed by atoms with Crippen LogP contribution in [-0.4, -0.2) is 34.6 Å². The lowest BCUT2D eigenvalue weighted by Crippen LogP contribution is -2.58. The van der Waals surface area contributed by atoms with Crippen LogP contribution in [0.2, 0.25) is 0 Å². The summed E-state index contributed by atoms with van der Waals surface area (Å²) in [6, 6.07) is 2.93. The van der Waals surface area contributed by atoms with Gasteiger partial charge in [0.15, 0.2) is 0 Å². The fourth-order valence-electron chi connectivity index (χ4n) is 2.92. The summed E-state index contributed by atoms with van der Waals surface area (Å²) in [7, 11) is 0. The zero-order valence-electron chi connectivity index (χ0n) is 12.7. The first kappa shape index (κ1) is 15.8. The van der Waals surface area contributed by atoms with Gasteiger partial charge in [-0.15, -0.1) is 11.3 Å². The molecule has 6 heteroatoms. The van der Waals surface area contributed by atoms with Gasteiger partial charge >= 0.3 is 12.0 Å². The van der Waals surface area contributed by atoms with E-state index in [0.717, 1.165) is 17.7 Å². The molecule has 5 nitrogen and oxygen atoms in total. The summed E-state index contributed by atoms with van der Waals surface area (Å²) in [5, 5.41) is 12.3. The van der Waals surface area contributed by atoms with E-state index in [1.54, 1.807) is 11.3 Å². The number of carbonyl (C=O) groups is 2. The number of likely N-dealkylation sites (tertiary alicyclic amines) is 1. The van der Waals surface area contributed by atoms with Crippen molar-refractivity contribution in [3.05, 3.63) is 21.9 Å². The van der Waals surface area contributed by atoms with Gasteiger partial charge in [-0.3, -0.25) is 0 Å². The quantitative estimate of drug-likeness (QED) is 0.902. The second kappa shape index (κ2) is 6.05. The summed E-state index contributed by atoms with van der Waals surface area (Å²) in [5.41, 5.74) is -0.402. The maximum atomic E-state index is 12.3. The van der Waals surface area contributed by atoms with Crippen molar-refractivity contribution in [2.75, 3.05) is 6.54 Å². The third-order valence-electron chi connectivity index (χ3n) is 3.98. The third-order valence-corrected chi connectivity index (χ3v) is 4.98. The Kier molecular flexibility index (Phi) is 4.56. The van der Waals surface area contributed by atoms with Crippen LogP contribution in [-0.2, 0) is 11.3 Å². The first-order valence-electron chi connectivity index (χ1n) is 7.14. The molecule has 0 bridgehead atoms. The lowest BCUT2D eigenvalue weighted by Gasteiger charge is -2.43. The smallest absolute Gasteiger partial charge is 0.327 e. The largest absolute Gasteiger partial charge is 0.480 e. The molecule has 21 heavy (non-hydrogen) atoms. The monoisotopic (exact) mass is 310 g/mol. The molecule has 2 N–H and O–H groups in total. The van der Waals surface area contributed by atoms with Crippen molar-refractivity contribution in [1.82, 2.24) is 10.2 Å². The molecule has 0 radical (unpaired) electrons. The number of urea groups is 1. The van der Waals surface area contributed by atoms with E-state index in [-0.39, 0.29) is 6.03 Å². The molecule has 1 aliphatic heterocycles. The van der Waals surface area contributed by atoms with Crippen molar-refractivity contribution < 1.29 is 14.7 Å². The van der Waals surface area contributed by atoms with Crippen LogP contribution in [0, 0.1) is 12.3 Å². The molecular formula is C15H22N2O3S. The summed E-state index contributed by atoms with van der Waals surface area (Å²) in [6.07, 6.45) is 1.65. The molecule has 2 amide bonds. The van der Waals surface area contributed by atoms with Crippen LogP contribution in [0.3, 0.4) is 0 Å². The Balaban J connectivity index is 2.04. The lowest BCUT2D eigenvalue weighted by molar-refractivity contribution is -0.148. The number of hydrogen-bond acceptors (Lipinski definition) is 3. The number of piperidine rings is 1. The maximum Gasteiger partial charge on any atom is 0.327 e. The number of aliphatic carboxylic acids is 1. The standard InChI is InChI=1S/C15H22N2O3S/c1-10-5-6-11(21-10)9-16-14(20)17-8-4-7-15(2,3)12(17)13(18)19/h5-6,12H,4,7-9H2,1-3H3,(H,16,20)(H,18,19). The van der Waals surface area contributed by atoms with E-state index < -0.39 is 17.4 Å². The molecule has 1 aliphatic rings. The number of nitrogens with one attached hydrogen (secondary N) is 1. The molecule has 0 aliphatic carbocycles. The fraction of sp³-hybridized carbons (Fsp3) is 0.600. The second-order valence-electron chi connectivity index (χ2n) is 6.20. The van der Waals surface area contributed by atoms with E-state index in [9.17, 15) is 14.7 Å². The van der Waals surface area contributed by atoms with Gasteiger partial charge in [-0.2, -0.15) is 0 Å². The summed E-state index contributed by atoms with van der Waals surface area (Å²) in [5.74, 6) is -0.929. The van der Waals surface area contributed by atoms with E-state index in [2.05, 4.69) is 5.32 Å². The topological polar surface area (TPSA) is 69.6 Å². The van der Waals surface area contributed by atoms with Crippen LogP contribution in [0.5, 0.6) is 0 Å². The molecule has 1 aromatic heterocycles. The van der Waals surface area contributed by atoms with Gasteiger partial charge in [-0.1, -0.05) is 13.8 Å². The van der Waals surface area contributed by atoms with Crippen LogP contribution >= 0.6 is 11.3 Å². The Labute approximate surface area is 129 Å². The first-order valence-corrected chi connectivity index (χ1v) is 7.95. The normalized spacial score (nSPS) is 21.1. The molecule has 2 rings (SSSR count). The number of carboxylic acid groups (broad SMARTS) is 1. The zero-order valence-corrected chi connectivity index (χ0v) is 13.5. The van der Waals surface area contributed by atoms with Crippen LogP contribution in [0.4, 0.5) is 4.79 Å². The first-order chi connectivity index (χ1) is 9.81. The van der Waals surface area contributed by atoms with Crippen molar-refractivity contribution >= 4 is 23.3 Å². The predicted octanol–water partition coefficient (Wildman–Crippen LogP) is 2.84. The van der Waals surface area contributed by atoms with Crippen LogP contribution in [0.1, 0.15) is 36.4 Å².